The number of carbonyl (C=O) groups excluding carboxylic acids is 3. The second-order valence-electron chi connectivity index (χ2n) is 9.75. The van der Waals surface area contributed by atoms with Crippen LogP contribution in [-0.4, -0.2) is 80.6 Å². The summed E-state index contributed by atoms with van der Waals surface area (Å²) in [7, 11) is 0. The van der Waals surface area contributed by atoms with E-state index < -0.39 is 60.2 Å². The summed E-state index contributed by atoms with van der Waals surface area (Å²) < 4.78 is 0. The Labute approximate surface area is 231 Å². The molecular weight excluding hydrogens is 520 g/mol. The number of carbonyl (C=O) groups is 5. The number of aromatic hydroxyl groups is 1. The lowest BCUT2D eigenvalue weighted by atomic mass is 10.0. The summed E-state index contributed by atoms with van der Waals surface area (Å²) in [5.74, 6) is -4.34. The van der Waals surface area contributed by atoms with Gasteiger partial charge >= 0.3 is 11.9 Å². The summed E-state index contributed by atoms with van der Waals surface area (Å²) in [6, 6.07) is 10.4. The molecule has 3 rings (SSSR count). The standard InChI is InChI=1S/C28H34N4O8/c29-20(15-17-5-2-1-3-6-17)25(36)30-21(12-13-24(34)35)27(38)32-14-4-7-23(32)26(37)31-22(28(39)40)16-18-8-10-19(33)11-9-18/h1-3,5-6,8-11,20-23,33H,4,7,12-16,29H2,(H,30,36)(H,31,37)(H,34,35)(H,39,40). The Hall–Kier alpha value is -4.45. The highest BCUT2D eigenvalue weighted by Crippen LogP contribution is 2.21. The van der Waals surface area contributed by atoms with Crippen LogP contribution in [0.3, 0.4) is 0 Å². The minimum Gasteiger partial charge on any atom is -0.508 e. The molecule has 214 valence electrons. The molecule has 0 bridgehead atoms. The van der Waals surface area contributed by atoms with Gasteiger partial charge in [-0.05, 0) is 48.9 Å². The van der Waals surface area contributed by atoms with E-state index in [4.69, 9.17) is 5.73 Å². The predicted octanol–water partition coefficient (Wildman–Crippen LogP) is 0.415. The van der Waals surface area contributed by atoms with Crippen molar-refractivity contribution in [2.75, 3.05) is 6.54 Å². The molecule has 7 N–H and O–H groups in total. The molecule has 1 aliphatic heterocycles. The monoisotopic (exact) mass is 554 g/mol. The van der Waals surface area contributed by atoms with E-state index in [0.29, 0.717) is 12.0 Å². The summed E-state index contributed by atoms with van der Waals surface area (Å²) in [6.07, 6.45) is 0.296. The molecule has 12 nitrogen and oxygen atoms in total. The number of aliphatic carboxylic acids is 2. The first-order valence-corrected chi connectivity index (χ1v) is 13.0. The zero-order valence-electron chi connectivity index (χ0n) is 21.9. The molecule has 0 aromatic heterocycles. The number of rotatable bonds is 13. The van der Waals surface area contributed by atoms with E-state index in [9.17, 15) is 39.3 Å². The first kappa shape index (κ1) is 30.1. The summed E-state index contributed by atoms with van der Waals surface area (Å²) in [6.45, 7) is 0.183. The van der Waals surface area contributed by atoms with Crippen LogP contribution in [0.4, 0.5) is 0 Å². The molecule has 1 heterocycles. The van der Waals surface area contributed by atoms with E-state index in [0.717, 1.165) is 5.56 Å². The Morgan fingerprint density at radius 2 is 1.55 bits per heavy atom. The molecular formula is C28H34N4O8. The molecule has 4 unspecified atom stereocenters. The van der Waals surface area contributed by atoms with Crippen LogP contribution in [0.15, 0.2) is 54.6 Å². The molecule has 1 saturated heterocycles. The molecule has 0 radical (unpaired) electrons. The number of nitrogens with one attached hydrogen (secondary N) is 2. The number of nitrogens with two attached hydrogens (primary N) is 1. The Morgan fingerprint density at radius 3 is 2.17 bits per heavy atom. The summed E-state index contributed by atoms with van der Waals surface area (Å²) in [5.41, 5.74) is 7.44. The fraction of sp³-hybridized carbons (Fsp3) is 0.393. The van der Waals surface area contributed by atoms with Gasteiger partial charge in [-0.15, -0.1) is 0 Å². The van der Waals surface area contributed by atoms with Crippen LogP contribution in [0.5, 0.6) is 5.75 Å². The molecule has 3 amide bonds. The third-order valence-corrected chi connectivity index (χ3v) is 6.73. The second-order valence-corrected chi connectivity index (χ2v) is 9.75. The average molecular weight is 555 g/mol. The van der Waals surface area contributed by atoms with Crippen molar-refractivity contribution in [3.8, 4) is 5.75 Å². The Morgan fingerprint density at radius 1 is 0.900 bits per heavy atom. The van der Waals surface area contributed by atoms with Crippen LogP contribution >= 0.6 is 0 Å². The van der Waals surface area contributed by atoms with Crippen molar-refractivity contribution >= 4 is 29.7 Å². The number of phenols is 1. The van der Waals surface area contributed by atoms with E-state index >= 15 is 0 Å². The van der Waals surface area contributed by atoms with E-state index in [1.807, 2.05) is 6.07 Å². The Bertz CT molecular complexity index is 1200. The van der Waals surface area contributed by atoms with Gasteiger partial charge in [-0.2, -0.15) is 0 Å². The number of likely N-dealkylation sites (tertiary alicyclic amines) is 1. The number of hydrogen-bond acceptors (Lipinski definition) is 7. The van der Waals surface area contributed by atoms with Crippen LogP contribution in [0.2, 0.25) is 0 Å². The van der Waals surface area contributed by atoms with Crippen molar-refractivity contribution < 1.29 is 39.3 Å². The van der Waals surface area contributed by atoms with E-state index in [-0.39, 0.29) is 38.0 Å². The van der Waals surface area contributed by atoms with Crippen molar-refractivity contribution in [2.45, 2.75) is 62.7 Å². The summed E-state index contributed by atoms with van der Waals surface area (Å²) in [4.78, 5) is 63.8. The maximum atomic E-state index is 13.5. The largest absolute Gasteiger partial charge is 0.508 e. The molecule has 0 aliphatic carbocycles. The minimum atomic E-state index is -1.28. The molecule has 1 aliphatic rings. The lowest BCUT2D eigenvalue weighted by molar-refractivity contribution is -0.145. The van der Waals surface area contributed by atoms with Gasteiger partial charge in [-0.25, -0.2) is 4.79 Å². The van der Waals surface area contributed by atoms with E-state index in [1.54, 1.807) is 36.4 Å². The first-order valence-electron chi connectivity index (χ1n) is 13.0. The predicted molar refractivity (Wildman–Crippen MR) is 143 cm³/mol. The van der Waals surface area contributed by atoms with Crippen LogP contribution in [0.1, 0.15) is 36.8 Å². The van der Waals surface area contributed by atoms with Crippen molar-refractivity contribution in [1.29, 1.82) is 0 Å². The average Bonchev–Trinajstić information content (AvgIpc) is 3.42. The van der Waals surface area contributed by atoms with Gasteiger partial charge in [-0.3, -0.25) is 19.2 Å². The Kier molecular flexibility index (Phi) is 10.6. The van der Waals surface area contributed by atoms with E-state index in [1.165, 1.54) is 17.0 Å². The van der Waals surface area contributed by atoms with Gasteiger partial charge in [0.15, 0.2) is 0 Å². The third kappa shape index (κ3) is 8.53. The van der Waals surface area contributed by atoms with Crippen molar-refractivity contribution in [1.82, 2.24) is 15.5 Å². The molecule has 0 spiro atoms. The van der Waals surface area contributed by atoms with Gasteiger partial charge in [0.2, 0.25) is 17.7 Å². The highest BCUT2D eigenvalue weighted by Gasteiger charge is 2.39. The second kappa shape index (κ2) is 14.1. The smallest absolute Gasteiger partial charge is 0.326 e. The van der Waals surface area contributed by atoms with Crippen LogP contribution < -0.4 is 16.4 Å². The normalized spacial score (nSPS) is 16.9. The van der Waals surface area contributed by atoms with Gasteiger partial charge in [0, 0.05) is 19.4 Å². The molecule has 4 atom stereocenters. The number of phenolic OH excluding ortho intramolecular Hbond substituents is 1. The zero-order valence-corrected chi connectivity index (χ0v) is 21.9. The van der Waals surface area contributed by atoms with Crippen molar-refractivity contribution in [2.24, 2.45) is 5.73 Å². The number of nitrogens with zero attached hydrogens (tertiary/aromatic N) is 1. The minimum absolute atomic E-state index is 0.0188. The SMILES string of the molecule is NC(Cc1ccccc1)C(=O)NC(CCC(=O)O)C(=O)N1CCCC1C(=O)NC(Cc1ccc(O)cc1)C(=O)O. The van der Waals surface area contributed by atoms with Gasteiger partial charge < -0.3 is 36.6 Å². The highest BCUT2D eigenvalue weighted by molar-refractivity contribution is 5.94. The zero-order chi connectivity index (χ0) is 29.2. The van der Waals surface area contributed by atoms with E-state index in [2.05, 4.69) is 10.6 Å². The molecule has 1 fully saturated rings. The highest BCUT2D eigenvalue weighted by atomic mass is 16.4. The lowest BCUT2D eigenvalue weighted by Gasteiger charge is -2.30. The van der Waals surface area contributed by atoms with Gasteiger partial charge in [-0.1, -0.05) is 42.5 Å². The van der Waals surface area contributed by atoms with Gasteiger partial charge in [0.1, 0.15) is 23.9 Å². The van der Waals surface area contributed by atoms with Crippen molar-refractivity contribution in [3.05, 3.63) is 65.7 Å². The molecule has 40 heavy (non-hydrogen) atoms. The summed E-state index contributed by atoms with van der Waals surface area (Å²) in [5, 5.41) is 33.3. The fourth-order valence-electron chi connectivity index (χ4n) is 4.60. The van der Waals surface area contributed by atoms with Crippen LogP contribution in [0.25, 0.3) is 0 Å². The van der Waals surface area contributed by atoms with Gasteiger partial charge in [0.25, 0.3) is 0 Å². The quantitative estimate of drug-likeness (QED) is 0.203. The maximum Gasteiger partial charge on any atom is 0.326 e. The number of benzene rings is 2. The number of carboxylic acid groups (broad SMARTS) is 2. The molecule has 2 aromatic carbocycles. The number of hydrogen-bond donors (Lipinski definition) is 6. The third-order valence-electron chi connectivity index (χ3n) is 6.73. The Balaban J connectivity index is 1.69. The van der Waals surface area contributed by atoms with Crippen LogP contribution in [0, 0.1) is 0 Å². The first-order chi connectivity index (χ1) is 19.0. The number of amides is 3. The summed E-state index contributed by atoms with van der Waals surface area (Å²) >= 11 is 0. The van der Waals surface area contributed by atoms with Crippen molar-refractivity contribution in [3.63, 3.8) is 0 Å². The number of carboxylic acids is 2. The molecule has 2 aromatic rings. The maximum absolute atomic E-state index is 13.5. The lowest BCUT2D eigenvalue weighted by Crippen LogP contribution is -2.57. The fourth-order valence-corrected chi connectivity index (χ4v) is 4.60. The van der Waals surface area contributed by atoms with Gasteiger partial charge in [0.05, 0.1) is 6.04 Å². The van der Waals surface area contributed by atoms with Crippen LogP contribution in [-0.2, 0) is 36.8 Å². The molecule has 0 saturated carbocycles. The topological polar surface area (TPSA) is 199 Å². The molecule has 12 heteroatoms.